The summed E-state index contributed by atoms with van der Waals surface area (Å²) in [7, 11) is 0. The van der Waals surface area contributed by atoms with Crippen LogP contribution in [0.25, 0.3) is 11.4 Å². The normalized spacial score (nSPS) is 17.3. The van der Waals surface area contributed by atoms with Crippen LogP contribution in [0, 0.1) is 11.2 Å². The summed E-state index contributed by atoms with van der Waals surface area (Å²) in [6.07, 6.45) is 6.90. The SMILES string of the molecule is CC1(C)Cc2nc(-c3ccncc3)ncc2[C@@H](NC(=O)Cc2ccc(F)cc2Cl)C1. The molecule has 0 spiro atoms. The Labute approximate surface area is 179 Å². The Kier molecular flexibility index (Phi) is 5.52. The van der Waals surface area contributed by atoms with Gasteiger partial charge in [-0.2, -0.15) is 0 Å². The Morgan fingerprint density at radius 1 is 1.27 bits per heavy atom. The van der Waals surface area contributed by atoms with E-state index in [1.807, 2.05) is 18.3 Å². The number of hydrogen-bond acceptors (Lipinski definition) is 4. The molecule has 1 aliphatic carbocycles. The van der Waals surface area contributed by atoms with E-state index in [0.29, 0.717) is 11.4 Å². The first-order chi connectivity index (χ1) is 14.3. The Balaban J connectivity index is 1.58. The first kappa shape index (κ1) is 20.4. The fraction of sp³-hybridized carbons (Fsp3) is 0.304. The van der Waals surface area contributed by atoms with Crippen molar-refractivity contribution in [2.45, 2.75) is 39.2 Å². The number of benzene rings is 1. The molecular weight excluding hydrogens is 403 g/mol. The standard InChI is InChI=1S/C23H22ClFN4O/c1-23(2)11-19(28-21(30)9-15-3-4-16(25)10-18(15)24)17-13-27-22(29-20(17)12-23)14-5-7-26-8-6-14/h3-8,10,13,19H,9,11-12H2,1-2H3,(H,28,30)/t19-/m0/s1. The first-order valence-electron chi connectivity index (χ1n) is 9.80. The fourth-order valence-corrected chi connectivity index (χ4v) is 4.13. The minimum Gasteiger partial charge on any atom is -0.349 e. The highest BCUT2D eigenvalue weighted by Gasteiger charge is 2.34. The molecule has 1 amide bonds. The highest BCUT2D eigenvalue weighted by Crippen LogP contribution is 2.40. The van der Waals surface area contributed by atoms with Crippen molar-refractivity contribution in [3.63, 3.8) is 0 Å². The molecule has 2 aromatic heterocycles. The van der Waals surface area contributed by atoms with Crippen molar-refractivity contribution >= 4 is 17.5 Å². The molecule has 4 rings (SSSR count). The van der Waals surface area contributed by atoms with E-state index in [1.165, 1.54) is 12.1 Å². The van der Waals surface area contributed by atoms with Crippen molar-refractivity contribution in [3.8, 4) is 11.4 Å². The number of hydrogen-bond donors (Lipinski definition) is 1. The van der Waals surface area contributed by atoms with E-state index in [1.54, 1.807) is 18.5 Å². The van der Waals surface area contributed by atoms with Crippen molar-refractivity contribution < 1.29 is 9.18 Å². The molecule has 0 fully saturated rings. The lowest BCUT2D eigenvalue weighted by molar-refractivity contribution is -0.121. The van der Waals surface area contributed by atoms with Crippen LogP contribution in [0.15, 0.2) is 48.9 Å². The molecule has 0 bridgehead atoms. The summed E-state index contributed by atoms with van der Waals surface area (Å²) in [5, 5.41) is 3.35. The molecular formula is C23H22ClFN4O. The van der Waals surface area contributed by atoms with Crippen LogP contribution in [0.4, 0.5) is 4.39 Å². The summed E-state index contributed by atoms with van der Waals surface area (Å²) in [5.41, 5.74) is 3.35. The number of nitrogens with one attached hydrogen (secondary N) is 1. The van der Waals surface area contributed by atoms with Crippen molar-refractivity contribution in [2.75, 3.05) is 0 Å². The molecule has 30 heavy (non-hydrogen) atoms. The summed E-state index contributed by atoms with van der Waals surface area (Å²) in [5.74, 6) is 0.0571. The Bertz CT molecular complexity index is 1090. The second-order valence-electron chi connectivity index (χ2n) is 8.41. The number of aromatic nitrogens is 3. The lowest BCUT2D eigenvalue weighted by atomic mass is 9.74. The molecule has 2 heterocycles. The maximum absolute atomic E-state index is 13.3. The summed E-state index contributed by atoms with van der Waals surface area (Å²) in [4.78, 5) is 26.1. The summed E-state index contributed by atoms with van der Waals surface area (Å²) in [6, 6.07) is 7.63. The smallest absolute Gasteiger partial charge is 0.224 e. The van der Waals surface area contributed by atoms with Gasteiger partial charge in [0.25, 0.3) is 0 Å². The molecule has 5 nitrogen and oxygen atoms in total. The van der Waals surface area contributed by atoms with E-state index in [-0.39, 0.29) is 28.8 Å². The highest BCUT2D eigenvalue weighted by molar-refractivity contribution is 6.31. The molecule has 0 unspecified atom stereocenters. The molecule has 1 aromatic carbocycles. The van der Waals surface area contributed by atoms with E-state index in [0.717, 1.165) is 29.7 Å². The zero-order chi connectivity index (χ0) is 21.3. The molecule has 154 valence electrons. The Morgan fingerprint density at radius 2 is 2.03 bits per heavy atom. The molecule has 1 aliphatic rings. The molecule has 1 atom stereocenters. The number of rotatable bonds is 4. The molecule has 3 aromatic rings. The van der Waals surface area contributed by atoms with E-state index in [2.05, 4.69) is 29.1 Å². The third-order valence-electron chi connectivity index (χ3n) is 5.32. The fourth-order valence-electron chi connectivity index (χ4n) is 3.90. The van der Waals surface area contributed by atoms with Crippen molar-refractivity contribution in [3.05, 3.63) is 76.6 Å². The van der Waals surface area contributed by atoms with Gasteiger partial charge in [0, 0.05) is 34.7 Å². The van der Waals surface area contributed by atoms with E-state index in [4.69, 9.17) is 16.6 Å². The summed E-state index contributed by atoms with van der Waals surface area (Å²) in [6.45, 7) is 4.33. The number of halogens is 2. The molecule has 0 saturated heterocycles. The number of amides is 1. The van der Waals surface area contributed by atoms with E-state index in [9.17, 15) is 9.18 Å². The van der Waals surface area contributed by atoms with Gasteiger partial charge in [-0.3, -0.25) is 9.78 Å². The van der Waals surface area contributed by atoms with Crippen LogP contribution in [0.3, 0.4) is 0 Å². The van der Waals surface area contributed by atoms with Crippen LogP contribution in [0.5, 0.6) is 0 Å². The topological polar surface area (TPSA) is 67.8 Å². The number of nitrogens with zero attached hydrogens (tertiary/aromatic N) is 3. The quantitative estimate of drug-likeness (QED) is 0.659. The average Bonchev–Trinajstić information content (AvgIpc) is 2.69. The molecule has 1 N–H and O–H groups in total. The van der Waals surface area contributed by atoms with Crippen LogP contribution in [-0.4, -0.2) is 20.9 Å². The van der Waals surface area contributed by atoms with Gasteiger partial charge in [-0.05, 0) is 48.1 Å². The zero-order valence-electron chi connectivity index (χ0n) is 16.8. The summed E-state index contributed by atoms with van der Waals surface area (Å²) >= 11 is 6.07. The van der Waals surface area contributed by atoms with Crippen LogP contribution in [0.2, 0.25) is 5.02 Å². The monoisotopic (exact) mass is 424 g/mol. The van der Waals surface area contributed by atoms with Crippen molar-refractivity contribution in [1.29, 1.82) is 0 Å². The average molecular weight is 425 g/mol. The van der Waals surface area contributed by atoms with Crippen molar-refractivity contribution in [1.82, 2.24) is 20.3 Å². The third kappa shape index (κ3) is 4.49. The van der Waals surface area contributed by atoms with Gasteiger partial charge >= 0.3 is 0 Å². The third-order valence-corrected chi connectivity index (χ3v) is 5.67. The van der Waals surface area contributed by atoms with Gasteiger partial charge < -0.3 is 5.32 Å². The lowest BCUT2D eigenvalue weighted by Gasteiger charge is -2.36. The van der Waals surface area contributed by atoms with Gasteiger partial charge in [-0.25, -0.2) is 14.4 Å². The maximum atomic E-state index is 13.3. The van der Waals surface area contributed by atoms with Crippen molar-refractivity contribution in [2.24, 2.45) is 5.41 Å². The molecule has 7 heteroatoms. The van der Waals surface area contributed by atoms with Crippen LogP contribution in [-0.2, 0) is 17.6 Å². The Morgan fingerprint density at radius 3 is 2.77 bits per heavy atom. The minimum atomic E-state index is -0.422. The predicted molar refractivity (Wildman–Crippen MR) is 113 cm³/mol. The van der Waals surface area contributed by atoms with Gasteiger partial charge in [0.1, 0.15) is 5.82 Å². The number of fused-ring (bicyclic) bond motifs is 1. The number of carbonyl (C=O) groups excluding carboxylic acids is 1. The Hall–Kier alpha value is -2.86. The summed E-state index contributed by atoms with van der Waals surface area (Å²) < 4.78 is 13.3. The minimum absolute atomic E-state index is 0.0255. The van der Waals surface area contributed by atoms with E-state index < -0.39 is 5.82 Å². The molecule has 0 aliphatic heterocycles. The second-order valence-corrected chi connectivity index (χ2v) is 8.82. The van der Waals surface area contributed by atoms with Gasteiger partial charge in [0.2, 0.25) is 5.91 Å². The van der Waals surface area contributed by atoms with Gasteiger partial charge in [0.05, 0.1) is 18.2 Å². The van der Waals surface area contributed by atoms with Crippen LogP contribution < -0.4 is 5.32 Å². The molecule has 0 saturated carbocycles. The molecule has 0 radical (unpaired) electrons. The van der Waals surface area contributed by atoms with Gasteiger partial charge in [0.15, 0.2) is 5.82 Å². The number of pyridine rings is 1. The largest absolute Gasteiger partial charge is 0.349 e. The maximum Gasteiger partial charge on any atom is 0.224 e. The van der Waals surface area contributed by atoms with Gasteiger partial charge in [-0.1, -0.05) is 31.5 Å². The van der Waals surface area contributed by atoms with Crippen LogP contribution in [0.1, 0.15) is 43.1 Å². The lowest BCUT2D eigenvalue weighted by Crippen LogP contribution is -2.37. The number of carbonyl (C=O) groups is 1. The zero-order valence-corrected chi connectivity index (χ0v) is 17.6. The first-order valence-corrected chi connectivity index (χ1v) is 10.2. The van der Waals surface area contributed by atoms with Gasteiger partial charge in [-0.15, -0.1) is 0 Å². The van der Waals surface area contributed by atoms with Crippen LogP contribution >= 0.6 is 11.6 Å². The second kappa shape index (κ2) is 8.11. The highest BCUT2D eigenvalue weighted by atomic mass is 35.5. The predicted octanol–water partition coefficient (Wildman–Crippen LogP) is 4.70. The van der Waals surface area contributed by atoms with E-state index >= 15 is 0 Å².